The Morgan fingerprint density at radius 3 is 2.18 bits per heavy atom. The third-order valence-electron chi connectivity index (χ3n) is 3.75. The summed E-state index contributed by atoms with van der Waals surface area (Å²) in [5.41, 5.74) is 6.85. The molecule has 1 aromatic carbocycles. The fraction of sp³-hybridized carbons (Fsp3) is 0.150. The van der Waals surface area contributed by atoms with E-state index in [-0.39, 0.29) is 0 Å². The molecule has 0 bridgehead atoms. The Labute approximate surface area is 131 Å². The van der Waals surface area contributed by atoms with Crippen LogP contribution in [0.2, 0.25) is 0 Å². The van der Waals surface area contributed by atoms with E-state index in [2.05, 4.69) is 72.5 Å². The van der Waals surface area contributed by atoms with E-state index >= 15 is 0 Å². The van der Waals surface area contributed by atoms with Crippen molar-refractivity contribution in [2.75, 3.05) is 0 Å². The molecule has 3 aromatic rings. The zero-order valence-corrected chi connectivity index (χ0v) is 13.1. The number of hydrogen-bond acceptors (Lipinski definition) is 1. The van der Waals surface area contributed by atoms with E-state index in [1.165, 1.54) is 22.6 Å². The fourth-order valence-corrected chi connectivity index (χ4v) is 2.65. The first kappa shape index (κ1) is 14.2. The van der Waals surface area contributed by atoms with Crippen LogP contribution in [-0.2, 0) is 0 Å². The SMILES string of the molecule is Cc1cccc(C#Cc2ccncc2)c1-n1c(C)ccc1C. The molecule has 0 saturated heterocycles. The zero-order valence-electron chi connectivity index (χ0n) is 13.1. The van der Waals surface area contributed by atoms with E-state index in [9.17, 15) is 0 Å². The Morgan fingerprint density at radius 1 is 0.818 bits per heavy atom. The topological polar surface area (TPSA) is 17.8 Å². The molecule has 2 aromatic heterocycles. The lowest BCUT2D eigenvalue weighted by Crippen LogP contribution is -2.04. The Kier molecular flexibility index (Phi) is 3.80. The van der Waals surface area contributed by atoms with Gasteiger partial charge in [-0.25, -0.2) is 0 Å². The molecule has 0 fully saturated rings. The number of hydrogen-bond donors (Lipinski definition) is 0. The Bertz CT molecular complexity index is 842. The molecule has 0 unspecified atom stereocenters. The van der Waals surface area contributed by atoms with Gasteiger partial charge in [-0.3, -0.25) is 4.98 Å². The first-order chi connectivity index (χ1) is 10.7. The maximum Gasteiger partial charge on any atom is 0.0640 e. The molecule has 2 heteroatoms. The van der Waals surface area contributed by atoms with Gasteiger partial charge in [-0.2, -0.15) is 0 Å². The van der Waals surface area contributed by atoms with Crippen molar-refractivity contribution in [2.45, 2.75) is 20.8 Å². The number of rotatable bonds is 1. The molecule has 0 saturated carbocycles. The predicted octanol–water partition coefficient (Wildman–Crippen LogP) is 4.20. The molecule has 0 amide bonds. The number of aromatic nitrogens is 2. The van der Waals surface area contributed by atoms with Gasteiger partial charge in [-0.1, -0.05) is 24.0 Å². The Balaban J connectivity index is 2.15. The molecule has 108 valence electrons. The number of aryl methyl sites for hydroxylation is 3. The highest BCUT2D eigenvalue weighted by atomic mass is 15.0. The lowest BCUT2D eigenvalue weighted by Gasteiger charge is -2.14. The van der Waals surface area contributed by atoms with Gasteiger partial charge in [-0.05, 0) is 56.7 Å². The summed E-state index contributed by atoms with van der Waals surface area (Å²) in [6.45, 7) is 6.38. The van der Waals surface area contributed by atoms with E-state index in [4.69, 9.17) is 0 Å². The van der Waals surface area contributed by atoms with Crippen LogP contribution in [0.15, 0.2) is 54.9 Å². The van der Waals surface area contributed by atoms with Gasteiger partial charge in [0.2, 0.25) is 0 Å². The van der Waals surface area contributed by atoms with Crippen LogP contribution < -0.4 is 0 Å². The summed E-state index contributed by atoms with van der Waals surface area (Å²) in [5.74, 6) is 6.54. The first-order valence-electron chi connectivity index (χ1n) is 7.34. The normalized spacial score (nSPS) is 10.1. The van der Waals surface area contributed by atoms with Crippen molar-refractivity contribution in [3.8, 4) is 17.5 Å². The number of benzene rings is 1. The Morgan fingerprint density at radius 2 is 1.50 bits per heavy atom. The number of pyridine rings is 1. The van der Waals surface area contributed by atoms with E-state index in [0.29, 0.717) is 0 Å². The summed E-state index contributed by atoms with van der Waals surface area (Å²) in [5, 5.41) is 0. The van der Waals surface area contributed by atoms with E-state index in [0.717, 1.165) is 11.1 Å². The summed E-state index contributed by atoms with van der Waals surface area (Å²) in [7, 11) is 0. The molecule has 22 heavy (non-hydrogen) atoms. The van der Waals surface area contributed by atoms with E-state index < -0.39 is 0 Å². The maximum absolute atomic E-state index is 4.02. The van der Waals surface area contributed by atoms with E-state index in [1.807, 2.05) is 12.1 Å². The molecule has 0 aliphatic rings. The highest BCUT2D eigenvalue weighted by Crippen LogP contribution is 2.23. The minimum absolute atomic E-state index is 0.975. The van der Waals surface area contributed by atoms with Gasteiger partial charge in [0.05, 0.1) is 5.69 Å². The molecule has 2 nitrogen and oxygen atoms in total. The quantitative estimate of drug-likeness (QED) is 0.613. The van der Waals surface area contributed by atoms with Crippen LogP contribution in [0.5, 0.6) is 0 Å². The van der Waals surface area contributed by atoms with Crippen LogP contribution in [-0.4, -0.2) is 9.55 Å². The minimum Gasteiger partial charge on any atom is -0.317 e. The molecule has 2 heterocycles. The molecular weight excluding hydrogens is 268 g/mol. The van der Waals surface area contributed by atoms with Crippen molar-refractivity contribution in [3.05, 3.63) is 82.9 Å². The molecule has 0 aliphatic heterocycles. The molecule has 0 N–H and O–H groups in total. The maximum atomic E-state index is 4.02. The second kappa shape index (κ2) is 5.91. The van der Waals surface area contributed by atoms with Gasteiger partial charge in [0.25, 0.3) is 0 Å². The summed E-state index contributed by atoms with van der Waals surface area (Å²) >= 11 is 0. The molecule has 0 spiro atoms. The van der Waals surface area contributed by atoms with Gasteiger partial charge in [0, 0.05) is 34.9 Å². The molecule has 0 atom stereocenters. The lowest BCUT2D eigenvalue weighted by molar-refractivity contribution is 0.951. The lowest BCUT2D eigenvalue weighted by atomic mass is 10.1. The minimum atomic E-state index is 0.975. The van der Waals surface area contributed by atoms with Crippen molar-refractivity contribution in [2.24, 2.45) is 0 Å². The van der Waals surface area contributed by atoms with Gasteiger partial charge < -0.3 is 4.57 Å². The second-order valence-corrected chi connectivity index (χ2v) is 5.41. The largest absolute Gasteiger partial charge is 0.317 e. The van der Waals surface area contributed by atoms with Crippen LogP contribution in [0, 0.1) is 32.6 Å². The van der Waals surface area contributed by atoms with Crippen molar-refractivity contribution >= 4 is 0 Å². The highest BCUT2D eigenvalue weighted by Gasteiger charge is 2.10. The number of para-hydroxylation sites is 1. The van der Waals surface area contributed by atoms with Crippen LogP contribution in [0.3, 0.4) is 0 Å². The molecular formula is C20H18N2. The average Bonchev–Trinajstić information content (AvgIpc) is 2.86. The third kappa shape index (κ3) is 2.66. The second-order valence-electron chi connectivity index (χ2n) is 5.41. The fourth-order valence-electron chi connectivity index (χ4n) is 2.65. The van der Waals surface area contributed by atoms with Gasteiger partial charge >= 0.3 is 0 Å². The molecule has 0 aliphatic carbocycles. The first-order valence-corrected chi connectivity index (χ1v) is 7.34. The van der Waals surface area contributed by atoms with Gasteiger partial charge in [0.15, 0.2) is 0 Å². The summed E-state index contributed by atoms with van der Waals surface area (Å²) in [6, 6.07) is 14.4. The monoisotopic (exact) mass is 286 g/mol. The average molecular weight is 286 g/mol. The van der Waals surface area contributed by atoms with Crippen molar-refractivity contribution in [1.29, 1.82) is 0 Å². The smallest absolute Gasteiger partial charge is 0.0640 e. The zero-order chi connectivity index (χ0) is 15.5. The summed E-state index contributed by atoms with van der Waals surface area (Å²) < 4.78 is 2.27. The van der Waals surface area contributed by atoms with Gasteiger partial charge in [-0.15, -0.1) is 0 Å². The predicted molar refractivity (Wildman–Crippen MR) is 90.2 cm³/mol. The molecule has 3 rings (SSSR count). The van der Waals surface area contributed by atoms with Crippen molar-refractivity contribution in [3.63, 3.8) is 0 Å². The third-order valence-corrected chi connectivity index (χ3v) is 3.75. The summed E-state index contributed by atoms with van der Waals surface area (Å²) in [4.78, 5) is 4.02. The standard InChI is InChI=1S/C20H18N2/c1-15-5-4-6-19(10-9-18-11-13-21-14-12-18)20(15)22-16(2)7-8-17(22)3/h4-8,11-14H,1-3H3. The van der Waals surface area contributed by atoms with Crippen molar-refractivity contribution in [1.82, 2.24) is 9.55 Å². The van der Waals surface area contributed by atoms with Crippen LogP contribution in [0.25, 0.3) is 5.69 Å². The van der Waals surface area contributed by atoms with E-state index in [1.54, 1.807) is 12.4 Å². The number of nitrogens with zero attached hydrogens (tertiary/aromatic N) is 2. The van der Waals surface area contributed by atoms with Crippen molar-refractivity contribution < 1.29 is 0 Å². The van der Waals surface area contributed by atoms with Crippen LogP contribution in [0.1, 0.15) is 28.1 Å². The summed E-state index contributed by atoms with van der Waals surface area (Å²) in [6.07, 6.45) is 3.53. The molecule has 0 radical (unpaired) electrons. The Hall–Kier alpha value is -2.79. The van der Waals surface area contributed by atoms with Crippen LogP contribution >= 0.6 is 0 Å². The highest BCUT2D eigenvalue weighted by molar-refractivity contribution is 5.58. The van der Waals surface area contributed by atoms with Crippen LogP contribution in [0.4, 0.5) is 0 Å². The van der Waals surface area contributed by atoms with Gasteiger partial charge in [0.1, 0.15) is 0 Å².